The van der Waals surface area contributed by atoms with Gasteiger partial charge in [0.05, 0.1) is 6.20 Å². The number of oxazole rings is 1. The van der Waals surface area contributed by atoms with E-state index in [9.17, 15) is 0 Å². The zero-order valence-electron chi connectivity index (χ0n) is 9.63. The fourth-order valence-electron chi connectivity index (χ4n) is 1.59. The Balaban J connectivity index is 2.23. The summed E-state index contributed by atoms with van der Waals surface area (Å²) in [6, 6.07) is 0. The van der Waals surface area contributed by atoms with Gasteiger partial charge in [0, 0.05) is 17.5 Å². The molecule has 1 N–H and O–H groups in total. The minimum atomic E-state index is 0.0404. The van der Waals surface area contributed by atoms with E-state index >= 15 is 0 Å². The average molecular weight is 206 g/mol. The summed E-state index contributed by atoms with van der Waals surface area (Å²) in [5, 5.41) is 3.28. The summed E-state index contributed by atoms with van der Waals surface area (Å²) in [7, 11) is 0. The Morgan fingerprint density at radius 3 is 2.73 bits per heavy atom. The number of aromatic nitrogens is 1. The summed E-state index contributed by atoms with van der Waals surface area (Å²) in [5.41, 5.74) is 1.27. The molecule has 0 unspecified atom stereocenters. The Kier molecular flexibility index (Phi) is 2.65. The summed E-state index contributed by atoms with van der Waals surface area (Å²) in [4.78, 5) is 4.34. The van der Waals surface area contributed by atoms with Crippen molar-refractivity contribution in [2.24, 2.45) is 0 Å². The van der Waals surface area contributed by atoms with Gasteiger partial charge >= 0.3 is 0 Å². The van der Waals surface area contributed by atoms with Crippen LogP contribution in [0.1, 0.15) is 38.8 Å². The maximum Gasteiger partial charge on any atom is 0.221 e. The van der Waals surface area contributed by atoms with Crippen molar-refractivity contribution in [3.05, 3.63) is 23.9 Å². The molecule has 0 amide bonds. The molecule has 82 valence electrons. The SMILES string of the molecule is CC(C)(C)c1cnc(C2=CCNCC2)o1. The van der Waals surface area contributed by atoms with E-state index in [4.69, 9.17) is 4.42 Å². The van der Waals surface area contributed by atoms with E-state index in [1.54, 1.807) is 0 Å². The molecule has 3 nitrogen and oxygen atoms in total. The van der Waals surface area contributed by atoms with Crippen molar-refractivity contribution in [1.82, 2.24) is 10.3 Å². The molecule has 1 aromatic heterocycles. The minimum Gasteiger partial charge on any atom is -0.441 e. The molecule has 0 atom stereocenters. The molecular weight excluding hydrogens is 188 g/mol. The third-order valence-electron chi connectivity index (χ3n) is 2.58. The van der Waals surface area contributed by atoms with Gasteiger partial charge in [0.15, 0.2) is 0 Å². The number of nitrogens with one attached hydrogen (secondary N) is 1. The van der Waals surface area contributed by atoms with E-state index in [1.807, 2.05) is 6.20 Å². The van der Waals surface area contributed by atoms with E-state index in [2.05, 4.69) is 37.1 Å². The lowest BCUT2D eigenvalue weighted by Crippen LogP contribution is -2.20. The van der Waals surface area contributed by atoms with Crippen LogP contribution >= 0.6 is 0 Å². The largest absolute Gasteiger partial charge is 0.441 e. The molecule has 1 aliphatic heterocycles. The average Bonchev–Trinajstić information content (AvgIpc) is 2.67. The molecule has 0 radical (unpaired) electrons. The predicted molar refractivity (Wildman–Crippen MR) is 60.7 cm³/mol. The molecule has 1 aromatic rings. The molecule has 0 bridgehead atoms. The lowest BCUT2D eigenvalue weighted by Gasteiger charge is -2.14. The van der Waals surface area contributed by atoms with Crippen LogP contribution in [0.4, 0.5) is 0 Å². The van der Waals surface area contributed by atoms with E-state index in [0.29, 0.717) is 0 Å². The maximum absolute atomic E-state index is 5.78. The highest BCUT2D eigenvalue weighted by atomic mass is 16.4. The second-order valence-electron chi connectivity index (χ2n) is 4.96. The smallest absolute Gasteiger partial charge is 0.221 e. The van der Waals surface area contributed by atoms with Gasteiger partial charge in [-0.3, -0.25) is 0 Å². The highest BCUT2D eigenvalue weighted by molar-refractivity contribution is 5.59. The monoisotopic (exact) mass is 206 g/mol. The van der Waals surface area contributed by atoms with Crippen molar-refractivity contribution in [2.45, 2.75) is 32.6 Å². The third-order valence-corrected chi connectivity index (χ3v) is 2.58. The Morgan fingerprint density at radius 1 is 1.40 bits per heavy atom. The highest BCUT2D eigenvalue weighted by Crippen LogP contribution is 2.26. The Labute approximate surface area is 90.6 Å². The van der Waals surface area contributed by atoms with Crippen LogP contribution in [0.3, 0.4) is 0 Å². The molecule has 15 heavy (non-hydrogen) atoms. The highest BCUT2D eigenvalue weighted by Gasteiger charge is 2.20. The van der Waals surface area contributed by atoms with Crippen molar-refractivity contribution in [2.75, 3.05) is 13.1 Å². The molecular formula is C12H18N2O. The van der Waals surface area contributed by atoms with Crippen molar-refractivity contribution < 1.29 is 4.42 Å². The van der Waals surface area contributed by atoms with Gasteiger partial charge in [-0.1, -0.05) is 26.8 Å². The van der Waals surface area contributed by atoms with Crippen LogP contribution < -0.4 is 5.32 Å². The first-order valence-corrected chi connectivity index (χ1v) is 5.44. The van der Waals surface area contributed by atoms with Crippen molar-refractivity contribution in [1.29, 1.82) is 0 Å². The summed E-state index contributed by atoms with van der Waals surface area (Å²) in [6.45, 7) is 8.33. The van der Waals surface area contributed by atoms with Gasteiger partial charge in [-0.15, -0.1) is 0 Å². The van der Waals surface area contributed by atoms with Gasteiger partial charge in [0.1, 0.15) is 5.76 Å². The van der Waals surface area contributed by atoms with Gasteiger partial charge in [0.25, 0.3) is 0 Å². The summed E-state index contributed by atoms with van der Waals surface area (Å²) in [5.74, 6) is 1.75. The van der Waals surface area contributed by atoms with Gasteiger partial charge in [-0.2, -0.15) is 0 Å². The Morgan fingerprint density at radius 2 is 2.20 bits per heavy atom. The Hall–Kier alpha value is -1.09. The first-order valence-electron chi connectivity index (χ1n) is 5.44. The second-order valence-corrected chi connectivity index (χ2v) is 4.96. The van der Waals surface area contributed by atoms with Crippen LogP contribution in [-0.4, -0.2) is 18.1 Å². The zero-order valence-corrected chi connectivity index (χ0v) is 9.63. The number of hydrogen-bond donors (Lipinski definition) is 1. The number of rotatable bonds is 1. The third kappa shape index (κ3) is 2.29. The topological polar surface area (TPSA) is 38.1 Å². The molecule has 0 aliphatic carbocycles. The summed E-state index contributed by atoms with van der Waals surface area (Å²) < 4.78 is 5.78. The van der Waals surface area contributed by atoms with Crippen LogP contribution in [0.5, 0.6) is 0 Å². The number of hydrogen-bond acceptors (Lipinski definition) is 3. The quantitative estimate of drug-likeness (QED) is 0.766. The van der Waals surface area contributed by atoms with Gasteiger partial charge < -0.3 is 9.73 Å². The molecule has 2 heterocycles. The lowest BCUT2D eigenvalue weighted by molar-refractivity contribution is 0.400. The van der Waals surface area contributed by atoms with Crippen LogP contribution in [0.15, 0.2) is 16.7 Å². The fourth-order valence-corrected chi connectivity index (χ4v) is 1.59. The van der Waals surface area contributed by atoms with Gasteiger partial charge in [-0.05, 0) is 13.0 Å². The second kappa shape index (κ2) is 3.81. The zero-order chi connectivity index (χ0) is 10.9. The van der Waals surface area contributed by atoms with Crippen LogP contribution in [0.25, 0.3) is 5.57 Å². The van der Waals surface area contributed by atoms with E-state index in [-0.39, 0.29) is 5.41 Å². The molecule has 0 fully saturated rings. The van der Waals surface area contributed by atoms with Crippen molar-refractivity contribution >= 4 is 5.57 Å². The van der Waals surface area contributed by atoms with Crippen molar-refractivity contribution in [3.8, 4) is 0 Å². The lowest BCUT2D eigenvalue weighted by atomic mass is 9.94. The van der Waals surface area contributed by atoms with Gasteiger partial charge in [-0.25, -0.2) is 4.98 Å². The predicted octanol–water partition coefficient (Wildman–Crippen LogP) is 2.35. The van der Waals surface area contributed by atoms with E-state index < -0.39 is 0 Å². The van der Waals surface area contributed by atoms with Crippen LogP contribution in [0.2, 0.25) is 0 Å². The first-order chi connectivity index (χ1) is 7.07. The van der Waals surface area contributed by atoms with Crippen molar-refractivity contribution in [3.63, 3.8) is 0 Å². The molecule has 0 spiro atoms. The number of nitrogens with zero attached hydrogens (tertiary/aromatic N) is 1. The normalized spacial score (nSPS) is 17.7. The van der Waals surface area contributed by atoms with Gasteiger partial charge in [0.2, 0.25) is 5.89 Å². The molecule has 2 rings (SSSR count). The minimum absolute atomic E-state index is 0.0404. The molecule has 3 heteroatoms. The molecule has 1 aliphatic rings. The molecule has 0 aromatic carbocycles. The first kappa shape index (κ1) is 10.4. The summed E-state index contributed by atoms with van der Waals surface area (Å²) >= 11 is 0. The summed E-state index contributed by atoms with van der Waals surface area (Å²) in [6.07, 6.45) is 5.00. The van der Waals surface area contributed by atoms with Crippen LogP contribution in [0, 0.1) is 0 Å². The van der Waals surface area contributed by atoms with Crippen LogP contribution in [-0.2, 0) is 5.41 Å². The Bertz CT molecular complexity index is 371. The molecule has 0 saturated carbocycles. The standard InChI is InChI=1S/C12H18N2O/c1-12(2,3)10-8-14-11(15-10)9-4-6-13-7-5-9/h4,8,13H,5-7H2,1-3H3. The van der Waals surface area contributed by atoms with E-state index in [0.717, 1.165) is 31.2 Å². The fraction of sp³-hybridized carbons (Fsp3) is 0.583. The molecule has 0 saturated heterocycles. The van der Waals surface area contributed by atoms with E-state index in [1.165, 1.54) is 5.57 Å². The maximum atomic E-state index is 5.78.